The van der Waals surface area contributed by atoms with Gasteiger partial charge >= 0.3 is 0 Å². The molecule has 0 amide bonds. The lowest BCUT2D eigenvalue weighted by Gasteiger charge is -2.05. The first-order valence-electron chi connectivity index (χ1n) is 3.78. The fourth-order valence-corrected chi connectivity index (χ4v) is 1.04. The fourth-order valence-electron chi connectivity index (χ4n) is 1.04. The average molecular weight is 168 g/mol. The van der Waals surface area contributed by atoms with Gasteiger partial charge in [-0.15, -0.1) is 0 Å². The zero-order valence-electron chi connectivity index (χ0n) is 6.86. The van der Waals surface area contributed by atoms with E-state index in [1.54, 1.807) is 13.0 Å². The van der Waals surface area contributed by atoms with E-state index < -0.39 is 6.10 Å². The lowest BCUT2D eigenvalue weighted by Crippen LogP contribution is -2.03. The number of aromatic hydroxyl groups is 2. The fraction of sp³-hybridized carbons (Fsp3) is 0.333. The minimum atomic E-state index is -0.436. The molecule has 3 nitrogen and oxygen atoms in total. The monoisotopic (exact) mass is 168 g/mol. The molecule has 0 bridgehead atoms. The molecule has 0 saturated heterocycles. The van der Waals surface area contributed by atoms with Crippen LogP contribution < -0.4 is 0 Å². The van der Waals surface area contributed by atoms with Crippen LogP contribution in [-0.2, 0) is 6.42 Å². The Morgan fingerprint density at radius 3 is 2.42 bits per heavy atom. The predicted molar refractivity (Wildman–Crippen MR) is 45.2 cm³/mol. The van der Waals surface area contributed by atoms with Crippen LogP contribution in [0.15, 0.2) is 18.2 Å². The Morgan fingerprint density at radius 2 is 1.92 bits per heavy atom. The summed E-state index contributed by atoms with van der Waals surface area (Å²) >= 11 is 0. The van der Waals surface area contributed by atoms with E-state index in [1.807, 2.05) is 0 Å². The van der Waals surface area contributed by atoms with Gasteiger partial charge in [-0.05, 0) is 31.0 Å². The van der Waals surface area contributed by atoms with Crippen molar-refractivity contribution < 1.29 is 15.3 Å². The van der Waals surface area contributed by atoms with Crippen LogP contribution in [0.25, 0.3) is 0 Å². The number of benzene rings is 1. The summed E-state index contributed by atoms with van der Waals surface area (Å²) in [6, 6.07) is 4.52. The van der Waals surface area contributed by atoms with Gasteiger partial charge in [0.25, 0.3) is 0 Å². The Balaban J connectivity index is 2.82. The molecule has 0 fully saturated rings. The Kier molecular flexibility index (Phi) is 2.55. The van der Waals surface area contributed by atoms with Crippen LogP contribution in [0.4, 0.5) is 0 Å². The van der Waals surface area contributed by atoms with Crippen molar-refractivity contribution in [2.75, 3.05) is 0 Å². The summed E-state index contributed by atoms with van der Waals surface area (Å²) in [4.78, 5) is 0. The third-order valence-corrected chi connectivity index (χ3v) is 1.57. The van der Waals surface area contributed by atoms with E-state index in [2.05, 4.69) is 0 Å². The quantitative estimate of drug-likeness (QED) is 0.578. The van der Waals surface area contributed by atoms with Crippen molar-refractivity contribution in [3.63, 3.8) is 0 Å². The largest absolute Gasteiger partial charge is 0.504 e. The van der Waals surface area contributed by atoms with Gasteiger partial charge < -0.3 is 15.3 Å². The number of phenolic OH excluding ortho intramolecular Hbond substituents is 2. The molecule has 0 radical (unpaired) electrons. The number of hydrogen-bond donors (Lipinski definition) is 3. The summed E-state index contributed by atoms with van der Waals surface area (Å²) in [5.41, 5.74) is 0.806. The third kappa shape index (κ3) is 2.13. The van der Waals surface area contributed by atoms with Gasteiger partial charge in [-0.2, -0.15) is 0 Å². The van der Waals surface area contributed by atoms with E-state index >= 15 is 0 Å². The minimum absolute atomic E-state index is 0.135. The topological polar surface area (TPSA) is 60.7 Å². The van der Waals surface area contributed by atoms with E-state index in [9.17, 15) is 0 Å². The number of rotatable bonds is 2. The van der Waals surface area contributed by atoms with Gasteiger partial charge in [-0.1, -0.05) is 6.07 Å². The molecule has 0 aliphatic carbocycles. The molecule has 0 saturated carbocycles. The standard InChI is InChI=1S/C9H12O3/c1-6(10)4-7-2-3-8(11)9(12)5-7/h2-3,5-6,10-12H,4H2,1H3/t6-/m1/s1. The van der Waals surface area contributed by atoms with Gasteiger partial charge in [0, 0.05) is 0 Å². The van der Waals surface area contributed by atoms with Crippen molar-refractivity contribution in [3.8, 4) is 11.5 Å². The Labute approximate surface area is 70.9 Å². The lowest BCUT2D eigenvalue weighted by atomic mass is 10.1. The summed E-state index contributed by atoms with van der Waals surface area (Å²) < 4.78 is 0. The normalized spacial score (nSPS) is 12.8. The van der Waals surface area contributed by atoms with Crippen molar-refractivity contribution in [3.05, 3.63) is 23.8 Å². The van der Waals surface area contributed by atoms with Crippen LogP contribution in [0, 0.1) is 0 Å². The van der Waals surface area contributed by atoms with Crippen molar-refractivity contribution in [2.45, 2.75) is 19.4 Å². The molecule has 3 N–H and O–H groups in total. The first-order chi connectivity index (χ1) is 5.59. The van der Waals surface area contributed by atoms with E-state index in [-0.39, 0.29) is 11.5 Å². The van der Waals surface area contributed by atoms with Crippen molar-refractivity contribution in [1.29, 1.82) is 0 Å². The van der Waals surface area contributed by atoms with Crippen LogP contribution in [0.2, 0.25) is 0 Å². The molecule has 0 unspecified atom stereocenters. The average Bonchev–Trinajstić information content (AvgIpc) is 1.96. The molecule has 0 heterocycles. The van der Waals surface area contributed by atoms with Crippen LogP contribution in [0.3, 0.4) is 0 Å². The van der Waals surface area contributed by atoms with Crippen LogP contribution in [0.5, 0.6) is 11.5 Å². The van der Waals surface area contributed by atoms with Gasteiger partial charge in [0.2, 0.25) is 0 Å². The van der Waals surface area contributed by atoms with Crippen molar-refractivity contribution in [2.24, 2.45) is 0 Å². The number of phenols is 2. The molecular weight excluding hydrogens is 156 g/mol. The maximum Gasteiger partial charge on any atom is 0.157 e. The number of aliphatic hydroxyl groups excluding tert-OH is 1. The zero-order valence-corrected chi connectivity index (χ0v) is 6.86. The van der Waals surface area contributed by atoms with Crippen molar-refractivity contribution in [1.82, 2.24) is 0 Å². The van der Waals surface area contributed by atoms with Crippen LogP contribution >= 0.6 is 0 Å². The molecule has 1 aromatic carbocycles. The molecule has 66 valence electrons. The molecule has 0 aliphatic rings. The molecule has 12 heavy (non-hydrogen) atoms. The number of aliphatic hydroxyl groups is 1. The molecule has 1 rings (SSSR count). The highest BCUT2D eigenvalue weighted by molar-refractivity contribution is 5.40. The molecule has 0 aliphatic heterocycles. The molecule has 0 aromatic heterocycles. The van der Waals surface area contributed by atoms with E-state index in [0.717, 1.165) is 5.56 Å². The van der Waals surface area contributed by atoms with Gasteiger partial charge in [-0.25, -0.2) is 0 Å². The highest BCUT2D eigenvalue weighted by atomic mass is 16.3. The maximum atomic E-state index is 9.08. The first-order valence-corrected chi connectivity index (χ1v) is 3.78. The molecular formula is C9H12O3. The van der Waals surface area contributed by atoms with Gasteiger partial charge in [0.15, 0.2) is 11.5 Å². The minimum Gasteiger partial charge on any atom is -0.504 e. The molecule has 0 spiro atoms. The van der Waals surface area contributed by atoms with Crippen molar-refractivity contribution >= 4 is 0 Å². The molecule has 1 atom stereocenters. The Hall–Kier alpha value is -1.22. The Bertz CT molecular complexity index is 268. The highest BCUT2D eigenvalue weighted by Gasteiger charge is 2.02. The summed E-state index contributed by atoms with van der Waals surface area (Å²) in [7, 11) is 0. The van der Waals surface area contributed by atoms with Crippen LogP contribution in [-0.4, -0.2) is 21.4 Å². The number of hydrogen-bond acceptors (Lipinski definition) is 3. The molecule has 1 aromatic rings. The smallest absolute Gasteiger partial charge is 0.157 e. The third-order valence-electron chi connectivity index (χ3n) is 1.57. The van der Waals surface area contributed by atoms with Gasteiger partial charge in [-0.3, -0.25) is 0 Å². The van der Waals surface area contributed by atoms with E-state index in [1.165, 1.54) is 12.1 Å². The summed E-state index contributed by atoms with van der Waals surface area (Å²) in [5, 5.41) is 27.1. The Morgan fingerprint density at radius 1 is 1.25 bits per heavy atom. The van der Waals surface area contributed by atoms with E-state index in [4.69, 9.17) is 15.3 Å². The van der Waals surface area contributed by atoms with Gasteiger partial charge in [0.05, 0.1) is 6.10 Å². The SMILES string of the molecule is C[C@@H](O)Cc1ccc(O)c(O)c1. The first kappa shape index (κ1) is 8.87. The lowest BCUT2D eigenvalue weighted by molar-refractivity contribution is 0.195. The van der Waals surface area contributed by atoms with Gasteiger partial charge in [0.1, 0.15) is 0 Å². The second-order valence-electron chi connectivity index (χ2n) is 2.88. The summed E-state index contributed by atoms with van der Waals surface area (Å²) in [6.07, 6.45) is 0.0438. The summed E-state index contributed by atoms with van der Waals surface area (Å²) in [6.45, 7) is 1.67. The second kappa shape index (κ2) is 3.45. The predicted octanol–water partition coefficient (Wildman–Crippen LogP) is 1.02. The highest BCUT2D eigenvalue weighted by Crippen LogP contribution is 2.25. The summed E-state index contributed by atoms with van der Waals surface area (Å²) in [5.74, 6) is -0.280. The molecule has 3 heteroatoms. The second-order valence-corrected chi connectivity index (χ2v) is 2.88. The van der Waals surface area contributed by atoms with E-state index in [0.29, 0.717) is 6.42 Å². The zero-order chi connectivity index (χ0) is 9.14. The van der Waals surface area contributed by atoms with Crippen LogP contribution in [0.1, 0.15) is 12.5 Å². The maximum absolute atomic E-state index is 9.08.